The lowest BCUT2D eigenvalue weighted by molar-refractivity contribution is -0.153. The lowest BCUT2D eigenvalue weighted by Gasteiger charge is -2.27. The van der Waals surface area contributed by atoms with Gasteiger partial charge in [-0.25, -0.2) is 19.4 Å². The van der Waals surface area contributed by atoms with E-state index in [1.165, 1.54) is 29.4 Å². The van der Waals surface area contributed by atoms with Crippen LogP contribution in [0, 0.1) is 0 Å². The van der Waals surface area contributed by atoms with Gasteiger partial charge < -0.3 is 49.1 Å². The number of nitrogens with zero attached hydrogens (tertiary/aromatic N) is 6. The zero-order valence-electron chi connectivity index (χ0n) is 39.6. The molecule has 73 heavy (non-hydrogen) atoms. The number of rotatable bonds is 25. The van der Waals surface area contributed by atoms with Gasteiger partial charge in [0.15, 0.2) is 5.65 Å². The van der Waals surface area contributed by atoms with E-state index in [9.17, 15) is 33.6 Å². The van der Waals surface area contributed by atoms with Crippen LogP contribution < -0.4 is 21.1 Å². The van der Waals surface area contributed by atoms with E-state index in [1.807, 2.05) is 54.6 Å². The summed E-state index contributed by atoms with van der Waals surface area (Å²) in [5, 5.41) is 10.2. The van der Waals surface area contributed by atoms with Crippen LogP contribution in [0.4, 0.5) is 11.5 Å². The highest BCUT2D eigenvalue weighted by molar-refractivity contribution is 6.26. The molecule has 2 aromatic heterocycles. The van der Waals surface area contributed by atoms with Crippen molar-refractivity contribution < 1.29 is 66.7 Å². The van der Waals surface area contributed by atoms with Crippen molar-refractivity contribution in [2.75, 3.05) is 90.3 Å². The maximum atomic E-state index is 13.4. The van der Waals surface area contributed by atoms with Crippen LogP contribution in [-0.4, -0.2) is 162 Å². The number of nitrogen functional groups attached to an aromatic ring is 1. The van der Waals surface area contributed by atoms with E-state index < -0.39 is 59.5 Å². The molecule has 3 unspecified atom stereocenters. The summed E-state index contributed by atoms with van der Waals surface area (Å²) in [5.41, 5.74) is 8.21. The summed E-state index contributed by atoms with van der Waals surface area (Å²) in [5.74, 6) is -2.65. The van der Waals surface area contributed by atoms with Crippen LogP contribution in [0.2, 0.25) is 0 Å². The average molecular weight is 1000 g/mol. The van der Waals surface area contributed by atoms with Crippen LogP contribution in [-0.2, 0) is 52.4 Å². The summed E-state index contributed by atoms with van der Waals surface area (Å²) in [6.45, 7) is 5.41. The number of para-hydroxylation sites is 1. The number of hydrogen-bond acceptors (Lipinski definition) is 18. The molecule has 0 radical (unpaired) electrons. The molecule has 0 bridgehead atoms. The molecule has 2 fully saturated rings. The molecule has 0 aliphatic carbocycles. The predicted octanol–water partition coefficient (Wildman–Crippen LogP) is 2.86. The Kier molecular flexibility index (Phi) is 17.2. The molecule has 382 valence electrons. The van der Waals surface area contributed by atoms with E-state index >= 15 is 0 Å². The van der Waals surface area contributed by atoms with Crippen molar-refractivity contribution in [1.29, 1.82) is 0 Å². The lowest BCUT2D eigenvalue weighted by atomic mass is 10.0. The van der Waals surface area contributed by atoms with E-state index in [4.69, 9.17) is 44.0 Å². The summed E-state index contributed by atoms with van der Waals surface area (Å²) in [6.07, 6.45) is 2.70. The Balaban J connectivity index is 0.675. The number of amides is 6. The van der Waals surface area contributed by atoms with Crippen molar-refractivity contribution in [2.24, 2.45) is 0 Å². The summed E-state index contributed by atoms with van der Waals surface area (Å²) in [7, 11) is 0. The average Bonchev–Trinajstić information content (AvgIpc) is 4.08. The Bertz CT molecular complexity index is 2840. The van der Waals surface area contributed by atoms with Crippen molar-refractivity contribution >= 4 is 64.0 Å². The van der Waals surface area contributed by atoms with Gasteiger partial charge in [0.2, 0.25) is 23.6 Å². The Hall–Kier alpha value is -7.96. The minimum absolute atomic E-state index is 0.0104. The normalized spacial score (nSPS) is 17.5. The minimum Gasteiger partial charge on any atom is -0.462 e. The molecule has 0 spiro atoms. The Labute approximate surface area is 417 Å². The van der Waals surface area contributed by atoms with Crippen molar-refractivity contribution in [3.05, 3.63) is 103 Å². The van der Waals surface area contributed by atoms with E-state index in [-0.39, 0.29) is 108 Å². The van der Waals surface area contributed by atoms with Gasteiger partial charge in [-0.1, -0.05) is 30.8 Å². The molecule has 2 saturated heterocycles. The molecule has 4 N–H and O–H groups in total. The molecule has 23 nitrogen and oxygen atoms in total. The van der Waals surface area contributed by atoms with Crippen molar-refractivity contribution in [2.45, 2.75) is 37.4 Å². The summed E-state index contributed by atoms with van der Waals surface area (Å²) < 4.78 is 40.7. The molecular weight excluding hydrogens is 951 g/mol. The van der Waals surface area contributed by atoms with Gasteiger partial charge in [-0.3, -0.25) is 39.0 Å². The number of benzene rings is 3. The highest BCUT2D eigenvalue weighted by Crippen LogP contribution is 2.37. The molecule has 8 rings (SSSR count). The van der Waals surface area contributed by atoms with Gasteiger partial charge in [0.05, 0.1) is 87.7 Å². The SMILES string of the molecule is C=CC(=O)N1CC(n2nc(-c3ccc(Oc4ccccc4)cc3)c3c(N)ncnc32)CC1C(=O)OCCOCCOCCOCCOCCOCC(=O)Nc1cccc2c1C(=O)N(C1CCC(=O)NC1=O)C2=O. The second kappa shape index (κ2) is 24.4. The number of ether oxygens (including phenoxy) is 7. The number of nitrogens with one attached hydrogen (secondary N) is 2. The zero-order valence-corrected chi connectivity index (χ0v) is 39.6. The van der Waals surface area contributed by atoms with Gasteiger partial charge in [0, 0.05) is 24.9 Å². The maximum absolute atomic E-state index is 13.4. The lowest BCUT2D eigenvalue weighted by Crippen LogP contribution is -2.54. The molecule has 3 atom stereocenters. The molecule has 0 saturated carbocycles. The first-order chi connectivity index (χ1) is 35.5. The second-order valence-corrected chi connectivity index (χ2v) is 16.7. The number of esters is 1. The first-order valence-corrected chi connectivity index (χ1v) is 23.5. The Morgan fingerprint density at radius 1 is 0.781 bits per heavy atom. The first kappa shape index (κ1) is 51.4. The fraction of sp³-hybridized carbons (Fsp3) is 0.360. The molecule has 5 aromatic rings. The third-order valence-corrected chi connectivity index (χ3v) is 11.9. The van der Waals surface area contributed by atoms with Gasteiger partial charge in [-0.2, -0.15) is 5.10 Å². The van der Waals surface area contributed by atoms with Crippen molar-refractivity contribution in [3.63, 3.8) is 0 Å². The molecular formula is C50H53N9O14. The number of likely N-dealkylation sites (tertiary alicyclic amines) is 1. The van der Waals surface area contributed by atoms with Crippen LogP contribution in [0.3, 0.4) is 0 Å². The number of carbonyl (C=O) groups is 7. The number of aromatic nitrogens is 4. The molecule has 5 heterocycles. The van der Waals surface area contributed by atoms with E-state index in [0.29, 0.717) is 41.4 Å². The van der Waals surface area contributed by atoms with Crippen LogP contribution >= 0.6 is 0 Å². The van der Waals surface area contributed by atoms with E-state index in [2.05, 4.69) is 27.2 Å². The third-order valence-electron chi connectivity index (χ3n) is 11.9. The smallest absolute Gasteiger partial charge is 0.329 e. The highest BCUT2D eigenvalue weighted by atomic mass is 16.6. The monoisotopic (exact) mass is 1000 g/mol. The number of nitrogens with two attached hydrogens (primary N) is 1. The van der Waals surface area contributed by atoms with Crippen LogP contribution in [0.1, 0.15) is 46.0 Å². The summed E-state index contributed by atoms with van der Waals surface area (Å²) >= 11 is 0. The number of carbonyl (C=O) groups excluding carboxylic acids is 7. The topological polar surface area (TPSA) is 284 Å². The molecule has 23 heteroatoms. The van der Waals surface area contributed by atoms with Crippen molar-refractivity contribution in [3.8, 4) is 22.8 Å². The van der Waals surface area contributed by atoms with Gasteiger partial charge in [-0.15, -0.1) is 0 Å². The number of piperidine rings is 1. The summed E-state index contributed by atoms with van der Waals surface area (Å²) in [6, 6.07) is 18.7. The Morgan fingerprint density at radius 2 is 1.44 bits per heavy atom. The minimum atomic E-state index is -1.13. The maximum Gasteiger partial charge on any atom is 0.329 e. The fourth-order valence-electron chi connectivity index (χ4n) is 8.48. The second-order valence-electron chi connectivity index (χ2n) is 16.7. The number of imide groups is 2. The van der Waals surface area contributed by atoms with Gasteiger partial charge >= 0.3 is 5.97 Å². The molecule has 3 aliphatic heterocycles. The number of anilines is 2. The van der Waals surface area contributed by atoms with Crippen LogP contribution in [0.15, 0.2) is 91.8 Å². The van der Waals surface area contributed by atoms with Gasteiger partial charge in [-0.05, 0) is 61.0 Å². The Morgan fingerprint density at radius 3 is 2.11 bits per heavy atom. The van der Waals surface area contributed by atoms with Crippen molar-refractivity contribution in [1.82, 2.24) is 34.9 Å². The quantitative estimate of drug-likeness (QED) is 0.0328. The highest BCUT2D eigenvalue weighted by Gasteiger charge is 2.46. The number of fused-ring (bicyclic) bond motifs is 2. The standard InChI is InChI=1S/C50H53N9O14/c1-2-41(62)57-28-32(59-46-43(45(51)52-30-53-46)44(56-59)31-11-13-34(14-12-31)73-33-7-4-3-5-8-33)27-38(57)50(66)72-26-25-70-22-21-68-18-17-67-19-20-69-23-24-71-29-40(61)54-36-10-6-9-35-42(36)49(65)58(48(35)64)37-15-16-39(60)55-47(37)63/h2-14,30,32,37-38H,1,15-29H2,(H,54,61)(H2,51,52,53)(H,55,60,63). The van der Waals surface area contributed by atoms with E-state index in [1.54, 1.807) is 4.68 Å². The third kappa shape index (κ3) is 12.4. The van der Waals surface area contributed by atoms with Gasteiger partial charge in [0.25, 0.3) is 11.8 Å². The largest absolute Gasteiger partial charge is 0.462 e. The fourth-order valence-corrected chi connectivity index (χ4v) is 8.48. The zero-order chi connectivity index (χ0) is 51.3. The molecule has 6 amide bonds. The number of hydrogen-bond donors (Lipinski definition) is 3. The summed E-state index contributed by atoms with van der Waals surface area (Å²) in [4.78, 5) is 100. The van der Waals surface area contributed by atoms with Crippen LogP contribution in [0.25, 0.3) is 22.3 Å². The molecule has 3 aromatic carbocycles. The van der Waals surface area contributed by atoms with E-state index in [0.717, 1.165) is 16.5 Å². The van der Waals surface area contributed by atoms with Crippen LogP contribution in [0.5, 0.6) is 11.5 Å². The predicted molar refractivity (Wildman–Crippen MR) is 258 cm³/mol. The first-order valence-electron chi connectivity index (χ1n) is 23.5. The van der Waals surface area contributed by atoms with Gasteiger partial charge in [0.1, 0.15) is 54.6 Å². The molecule has 3 aliphatic rings.